The van der Waals surface area contributed by atoms with Crippen molar-refractivity contribution in [2.24, 2.45) is 0 Å². The van der Waals surface area contributed by atoms with E-state index in [9.17, 15) is 9.18 Å². The highest BCUT2D eigenvalue weighted by Gasteiger charge is 2.08. The Hall–Kier alpha value is -1.62. The molecule has 2 N–H and O–H groups in total. The van der Waals surface area contributed by atoms with Gasteiger partial charge in [-0.25, -0.2) is 4.39 Å². The van der Waals surface area contributed by atoms with Gasteiger partial charge < -0.3 is 15.2 Å². The summed E-state index contributed by atoms with van der Waals surface area (Å²) < 4.78 is 18.4. The number of aliphatic hydroxyl groups excluding tert-OH is 1. The third-order valence-corrected chi connectivity index (χ3v) is 1.99. The van der Waals surface area contributed by atoms with Crippen LogP contribution in [0.4, 0.5) is 4.39 Å². The summed E-state index contributed by atoms with van der Waals surface area (Å²) in [4.78, 5) is 11.3. The average Bonchev–Trinajstić information content (AvgIpc) is 2.26. The molecule has 0 radical (unpaired) electrons. The van der Waals surface area contributed by atoms with Gasteiger partial charge in [0.15, 0.2) is 18.2 Å². The third-order valence-electron chi connectivity index (χ3n) is 1.99. The molecule has 4 nitrogen and oxygen atoms in total. The van der Waals surface area contributed by atoms with E-state index in [2.05, 4.69) is 5.32 Å². The van der Waals surface area contributed by atoms with Crippen LogP contribution in [0, 0.1) is 5.82 Å². The molecular weight excluding hydrogens is 225 g/mol. The number of aliphatic hydroxyl groups is 1. The standard InChI is InChI=1S/C12H16FNO3/c1-8(2)14-12(16)7-17-11-4-3-9(6-15)5-10(11)13/h3-5,8,15H,6-7H2,1-2H3,(H,14,16). The Morgan fingerprint density at radius 2 is 2.24 bits per heavy atom. The van der Waals surface area contributed by atoms with Crippen molar-refractivity contribution in [2.75, 3.05) is 6.61 Å². The van der Waals surface area contributed by atoms with Gasteiger partial charge in [0.2, 0.25) is 0 Å². The fraction of sp³-hybridized carbons (Fsp3) is 0.417. The fourth-order valence-electron chi connectivity index (χ4n) is 1.27. The highest BCUT2D eigenvalue weighted by Crippen LogP contribution is 2.18. The lowest BCUT2D eigenvalue weighted by molar-refractivity contribution is -0.123. The first-order chi connectivity index (χ1) is 8.02. The maximum atomic E-state index is 13.4. The van der Waals surface area contributed by atoms with Gasteiger partial charge in [-0.1, -0.05) is 6.07 Å². The maximum absolute atomic E-state index is 13.4. The number of halogens is 1. The Balaban J connectivity index is 2.55. The van der Waals surface area contributed by atoms with E-state index < -0.39 is 5.82 Å². The number of nitrogens with one attached hydrogen (secondary N) is 1. The van der Waals surface area contributed by atoms with E-state index in [0.29, 0.717) is 5.56 Å². The third kappa shape index (κ3) is 4.40. The van der Waals surface area contributed by atoms with E-state index in [1.165, 1.54) is 12.1 Å². The Morgan fingerprint density at radius 1 is 1.53 bits per heavy atom. The summed E-state index contributed by atoms with van der Waals surface area (Å²) >= 11 is 0. The summed E-state index contributed by atoms with van der Waals surface area (Å²) in [7, 11) is 0. The lowest BCUT2D eigenvalue weighted by Gasteiger charge is -2.10. The molecule has 1 aromatic rings. The molecule has 0 aliphatic carbocycles. The number of hydrogen-bond donors (Lipinski definition) is 2. The van der Waals surface area contributed by atoms with E-state index in [4.69, 9.17) is 9.84 Å². The lowest BCUT2D eigenvalue weighted by Crippen LogP contribution is -2.34. The van der Waals surface area contributed by atoms with Gasteiger partial charge in [0.05, 0.1) is 6.61 Å². The van der Waals surface area contributed by atoms with Gasteiger partial charge in [-0.3, -0.25) is 4.79 Å². The van der Waals surface area contributed by atoms with Gasteiger partial charge in [0.25, 0.3) is 5.91 Å². The molecule has 0 saturated heterocycles. The quantitative estimate of drug-likeness (QED) is 0.815. The number of amides is 1. The van der Waals surface area contributed by atoms with Crippen LogP contribution in [0.5, 0.6) is 5.75 Å². The minimum Gasteiger partial charge on any atom is -0.481 e. The molecule has 0 bridgehead atoms. The van der Waals surface area contributed by atoms with Crippen LogP contribution in [0.25, 0.3) is 0 Å². The van der Waals surface area contributed by atoms with Crippen LogP contribution in [-0.2, 0) is 11.4 Å². The van der Waals surface area contributed by atoms with Crippen LogP contribution in [0.3, 0.4) is 0 Å². The smallest absolute Gasteiger partial charge is 0.258 e. The number of rotatable bonds is 5. The van der Waals surface area contributed by atoms with Crippen LogP contribution in [0.1, 0.15) is 19.4 Å². The summed E-state index contributed by atoms with van der Waals surface area (Å²) in [6, 6.07) is 4.13. The number of hydrogen-bond acceptors (Lipinski definition) is 3. The highest BCUT2D eigenvalue weighted by atomic mass is 19.1. The maximum Gasteiger partial charge on any atom is 0.258 e. The Morgan fingerprint density at radius 3 is 2.76 bits per heavy atom. The van der Waals surface area contributed by atoms with Crippen molar-refractivity contribution in [2.45, 2.75) is 26.5 Å². The van der Waals surface area contributed by atoms with Crippen molar-refractivity contribution < 1.29 is 19.0 Å². The Labute approximate surface area is 99.4 Å². The molecule has 0 aliphatic heterocycles. The van der Waals surface area contributed by atoms with Crippen LogP contribution in [0.2, 0.25) is 0 Å². The molecule has 0 spiro atoms. The molecular formula is C12H16FNO3. The molecule has 1 amide bonds. The summed E-state index contributed by atoms with van der Waals surface area (Å²) in [6.07, 6.45) is 0. The number of ether oxygens (including phenoxy) is 1. The molecule has 0 aliphatic rings. The summed E-state index contributed by atoms with van der Waals surface area (Å²) in [5.74, 6) is -0.888. The zero-order chi connectivity index (χ0) is 12.8. The Bertz CT molecular complexity index is 393. The molecule has 0 fully saturated rings. The number of benzene rings is 1. The summed E-state index contributed by atoms with van der Waals surface area (Å²) in [5, 5.41) is 11.4. The van der Waals surface area contributed by atoms with Crippen LogP contribution in [-0.4, -0.2) is 23.7 Å². The van der Waals surface area contributed by atoms with Crippen molar-refractivity contribution in [3.8, 4) is 5.75 Å². The molecule has 1 aromatic carbocycles. The lowest BCUT2D eigenvalue weighted by atomic mass is 10.2. The van der Waals surface area contributed by atoms with E-state index in [1.54, 1.807) is 6.07 Å². The second kappa shape index (κ2) is 6.20. The van der Waals surface area contributed by atoms with E-state index in [0.717, 1.165) is 0 Å². The van der Waals surface area contributed by atoms with Gasteiger partial charge in [-0.05, 0) is 31.5 Å². The van der Waals surface area contributed by atoms with Crippen LogP contribution in [0.15, 0.2) is 18.2 Å². The van der Waals surface area contributed by atoms with Gasteiger partial charge in [0, 0.05) is 6.04 Å². The molecule has 94 valence electrons. The molecule has 17 heavy (non-hydrogen) atoms. The first kappa shape index (κ1) is 13.4. The molecule has 0 atom stereocenters. The van der Waals surface area contributed by atoms with Gasteiger partial charge in [-0.15, -0.1) is 0 Å². The van der Waals surface area contributed by atoms with E-state index in [-0.39, 0.29) is 30.9 Å². The second-order valence-corrected chi connectivity index (χ2v) is 3.93. The monoisotopic (exact) mass is 241 g/mol. The average molecular weight is 241 g/mol. The summed E-state index contributed by atoms with van der Waals surface area (Å²) in [6.45, 7) is 3.20. The molecule has 0 unspecified atom stereocenters. The topological polar surface area (TPSA) is 58.6 Å². The van der Waals surface area contributed by atoms with E-state index in [1.807, 2.05) is 13.8 Å². The molecule has 0 aromatic heterocycles. The predicted molar refractivity (Wildman–Crippen MR) is 61.1 cm³/mol. The van der Waals surface area contributed by atoms with Crippen LogP contribution >= 0.6 is 0 Å². The highest BCUT2D eigenvalue weighted by molar-refractivity contribution is 5.77. The van der Waals surface area contributed by atoms with Crippen LogP contribution < -0.4 is 10.1 Å². The van der Waals surface area contributed by atoms with Crippen molar-refractivity contribution in [1.82, 2.24) is 5.32 Å². The SMILES string of the molecule is CC(C)NC(=O)COc1ccc(CO)cc1F. The minimum absolute atomic E-state index is 0.00102. The largest absolute Gasteiger partial charge is 0.481 e. The Kier molecular flexibility index (Phi) is 4.90. The molecule has 1 rings (SSSR count). The zero-order valence-corrected chi connectivity index (χ0v) is 9.87. The molecule has 0 saturated carbocycles. The van der Waals surface area contributed by atoms with Gasteiger partial charge in [0.1, 0.15) is 0 Å². The van der Waals surface area contributed by atoms with Gasteiger partial charge >= 0.3 is 0 Å². The van der Waals surface area contributed by atoms with E-state index >= 15 is 0 Å². The van der Waals surface area contributed by atoms with Crippen molar-refractivity contribution in [3.05, 3.63) is 29.6 Å². The fourth-order valence-corrected chi connectivity index (χ4v) is 1.27. The number of carbonyl (C=O) groups is 1. The van der Waals surface area contributed by atoms with Crippen molar-refractivity contribution >= 4 is 5.91 Å². The normalized spacial score (nSPS) is 10.4. The predicted octanol–water partition coefficient (Wildman–Crippen LogP) is 1.22. The number of carbonyl (C=O) groups excluding carboxylic acids is 1. The first-order valence-electron chi connectivity index (χ1n) is 5.34. The first-order valence-corrected chi connectivity index (χ1v) is 5.34. The van der Waals surface area contributed by atoms with Gasteiger partial charge in [-0.2, -0.15) is 0 Å². The molecule has 0 heterocycles. The molecule has 5 heteroatoms. The summed E-state index contributed by atoms with van der Waals surface area (Å²) in [5.41, 5.74) is 0.460. The van der Waals surface area contributed by atoms with Crippen molar-refractivity contribution in [3.63, 3.8) is 0 Å². The zero-order valence-electron chi connectivity index (χ0n) is 9.87. The van der Waals surface area contributed by atoms with Crippen molar-refractivity contribution in [1.29, 1.82) is 0 Å². The second-order valence-electron chi connectivity index (χ2n) is 3.93. The minimum atomic E-state index is -0.589.